The van der Waals surface area contributed by atoms with Crippen LogP contribution < -0.4 is 4.74 Å². The molecule has 1 aliphatic heterocycles. The molecule has 34 heavy (non-hydrogen) atoms. The molecule has 0 N–H and O–H groups in total. The lowest BCUT2D eigenvalue weighted by molar-refractivity contribution is -0.135. The number of hydrogen-bond donors (Lipinski definition) is 0. The smallest absolute Gasteiger partial charge is 0.225 e. The number of rotatable bonds is 9. The highest BCUT2D eigenvalue weighted by Crippen LogP contribution is 2.38. The maximum absolute atomic E-state index is 13.3. The van der Waals surface area contributed by atoms with E-state index in [1.165, 1.54) is 16.8 Å². The van der Waals surface area contributed by atoms with Crippen LogP contribution in [0.3, 0.4) is 0 Å². The minimum absolute atomic E-state index is 0.0331. The van der Waals surface area contributed by atoms with Crippen LogP contribution >= 0.6 is 0 Å². The van der Waals surface area contributed by atoms with E-state index in [9.17, 15) is 4.79 Å². The topological polar surface area (TPSA) is 37.7 Å². The molecule has 5 heteroatoms. The fourth-order valence-corrected chi connectivity index (χ4v) is 5.17. The molecule has 2 unspecified atom stereocenters. The highest BCUT2D eigenvalue weighted by Gasteiger charge is 2.37. The zero-order valence-electron chi connectivity index (χ0n) is 20.9. The highest BCUT2D eigenvalue weighted by molar-refractivity contribution is 5.78. The van der Waals surface area contributed by atoms with Gasteiger partial charge in [0.25, 0.3) is 0 Å². The van der Waals surface area contributed by atoms with Gasteiger partial charge < -0.3 is 14.2 Å². The summed E-state index contributed by atoms with van der Waals surface area (Å²) >= 11 is 0. The van der Waals surface area contributed by atoms with E-state index in [2.05, 4.69) is 64.0 Å². The molecule has 1 fully saturated rings. The predicted molar refractivity (Wildman–Crippen MR) is 137 cm³/mol. The summed E-state index contributed by atoms with van der Waals surface area (Å²) in [4.78, 5) is 17.9. The Labute approximate surface area is 203 Å². The Morgan fingerprint density at radius 2 is 1.76 bits per heavy atom. The SMILES string of the molecule is COc1ccccc1C1CN(Cc2cccn2C)CC1CN(Cc1ccccc1)C(=O)C(C)C. The Hall–Kier alpha value is -3.05. The molecule has 1 aliphatic rings. The number of aryl methyl sites for hydroxylation is 1. The minimum atomic E-state index is -0.0331. The van der Waals surface area contributed by atoms with Crippen LogP contribution in [0.4, 0.5) is 0 Å². The number of carbonyl (C=O) groups excluding carboxylic acids is 1. The zero-order chi connectivity index (χ0) is 24.1. The summed E-state index contributed by atoms with van der Waals surface area (Å²) in [5.74, 6) is 1.73. The second kappa shape index (κ2) is 10.9. The lowest BCUT2D eigenvalue weighted by Crippen LogP contribution is -2.39. The third-order valence-corrected chi connectivity index (χ3v) is 6.97. The Bertz CT molecular complexity index is 1080. The summed E-state index contributed by atoms with van der Waals surface area (Å²) in [6.45, 7) is 8.17. The molecular weight excluding hydrogens is 422 g/mol. The average Bonchev–Trinajstić information content (AvgIpc) is 3.44. The number of nitrogens with zero attached hydrogens (tertiary/aromatic N) is 3. The highest BCUT2D eigenvalue weighted by atomic mass is 16.5. The molecule has 5 nitrogen and oxygen atoms in total. The molecule has 0 bridgehead atoms. The summed E-state index contributed by atoms with van der Waals surface area (Å²) in [6, 6.07) is 23.0. The molecule has 1 saturated heterocycles. The van der Waals surface area contributed by atoms with Crippen molar-refractivity contribution in [3.8, 4) is 5.75 Å². The van der Waals surface area contributed by atoms with Gasteiger partial charge in [-0.2, -0.15) is 0 Å². The number of hydrogen-bond acceptors (Lipinski definition) is 3. The summed E-state index contributed by atoms with van der Waals surface area (Å²) in [7, 11) is 3.85. The van der Waals surface area contributed by atoms with Gasteiger partial charge in [-0.05, 0) is 35.2 Å². The number of para-hydroxylation sites is 1. The van der Waals surface area contributed by atoms with E-state index in [1.807, 2.05) is 44.2 Å². The second-order valence-corrected chi connectivity index (χ2v) is 9.77. The third-order valence-electron chi connectivity index (χ3n) is 6.97. The fourth-order valence-electron chi connectivity index (χ4n) is 5.17. The van der Waals surface area contributed by atoms with Gasteiger partial charge in [-0.25, -0.2) is 0 Å². The molecule has 1 aromatic heterocycles. The monoisotopic (exact) mass is 459 g/mol. The molecule has 0 saturated carbocycles. The van der Waals surface area contributed by atoms with E-state index < -0.39 is 0 Å². The first-order valence-electron chi connectivity index (χ1n) is 12.2. The van der Waals surface area contributed by atoms with Crippen molar-refractivity contribution in [1.29, 1.82) is 0 Å². The van der Waals surface area contributed by atoms with Gasteiger partial charge in [0.15, 0.2) is 0 Å². The van der Waals surface area contributed by atoms with Gasteiger partial charge >= 0.3 is 0 Å². The first-order chi connectivity index (χ1) is 16.5. The van der Waals surface area contributed by atoms with Crippen molar-refractivity contribution in [2.45, 2.75) is 32.9 Å². The van der Waals surface area contributed by atoms with E-state index in [1.54, 1.807) is 7.11 Å². The maximum Gasteiger partial charge on any atom is 0.225 e. The van der Waals surface area contributed by atoms with Gasteiger partial charge in [0.05, 0.1) is 7.11 Å². The van der Waals surface area contributed by atoms with Crippen LogP contribution in [0, 0.1) is 11.8 Å². The summed E-state index contributed by atoms with van der Waals surface area (Å²) in [6.07, 6.45) is 2.10. The van der Waals surface area contributed by atoms with Crippen LogP contribution in [-0.2, 0) is 24.9 Å². The van der Waals surface area contributed by atoms with Crippen LogP contribution in [0.1, 0.15) is 36.6 Å². The Morgan fingerprint density at radius 3 is 2.44 bits per heavy atom. The number of amides is 1. The largest absolute Gasteiger partial charge is 0.496 e. The molecular formula is C29H37N3O2. The van der Waals surface area contributed by atoms with E-state index >= 15 is 0 Å². The fraction of sp³-hybridized carbons (Fsp3) is 0.414. The first-order valence-corrected chi connectivity index (χ1v) is 12.2. The lowest BCUT2D eigenvalue weighted by atomic mass is 9.87. The molecule has 1 amide bonds. The van der Waals surface area contributed by atoms with Crippen molar-refractivity contribution < 1.29 is 9.53 Å². The number of carbonyl (C=O) groups is 1. The van der Waals surface area contributed by atoms with Crippen molar-refractivity contribution in [3.63, 3.8) is 0 Å². The van der Waals surface area contributed by atoms with Crippen molar-refractivity contribution in [2.75, 3.05) is 26.7 Å². The Balaban J connectivity index is 1.61. The van der Waals surface area contributed by atoms with Gasteiger partial charge in [0.2, 0.25) is 5.91 Å². The zero-order valence-corrected chi connectivity index (χ0v) is 20.9. The number of aromatic nitrogens is 1. The van der Waals surface area contributed by atoms with Crippen molar-refractivity contribution in [2.24, 2.45) is 18.9 Å². The molecule has 4 rings (SSSR count). The standard InChI is InChI=1S/C29H37N3O2/c1-22(2)29(33)32(17-23-11-6-5-7-12-23)19-24-18-31(20-25-13-10-16-30(25)3)21-27(24)26-14-8-9-15-28(26)34-4/h5-16,22,24,27H,17-21H2,1-4H3. The summed E-state index contributed by atoms with van der Waals surface area (Å²) in [5, 5.41) is 0. The van der Waals surface area contributed by atoms with Crippen molar-refractivity contribution >= 4 is 5.91 Å². The van der Waals surface area contributed by atoms with Crippen molar-refractivity contribution in [1.82, 2.24) is 14.4 Å². The number of likely N-dealkylation sites (tertiary alicyclic amines) is 1. The average molecular weight is 460 g/mol. The second-order valence-electron chi connectivity index (χ2n) is 9.77. The van der Waals surface area contributed by atoms with Crippen LogP contribution in [0.2, 0.25) is 0 Å². The van der Waals surface area contributed by atoms with Crippen LogP contribution in [0.5, 0.6) is 5.75 Å². The Kier molecular flexibility index (Phi) is 7.73. The normalized spacial score (nSPS) is 18.4. The van der Waals surface area contributed by atoms with Crippen LogP contribution in [0.15, 0.2) is 72.9 Å². The predicted octanol–water partition coefficient (Wildman–Crippen LogP) is 4.93. The quantitative estimate of drug-likeness (QED) is 0.455. The number of methoxy groups -OCH3 is 1. The summed E-state index contributed by atoms with van der Waals surface area (Å²) in [5.41, 5.74) is 3.71. The molecule has 2 atom stereocenters. The van der Waals surface area contributed by atoms with Crippen LogP contribution in [-0.4, -0.2) is 47.0 Å². The molecule has 180 valence electrons. The lowest BCUT2D eigenvalue weighted by Gasteiger charge is -2.30. The number of benzene rings is 2. The number of ether oxygens (including phenoxy) is 1. The molecule has 2 aromatic carbocycles. The third kappa shape index (κ3) is 5.53. The van der Waals surface area contributed by atoms with E-state index in [-0.39, 0.29) is 11.8 Å². The van der Waals surface area contributed by atoms with E-state index in [0.717, 1.165) is 31.9 Å². The van der Waals surface area contributed by atoms with E-state index in [4.69, 9.17) is 4.74 Å². The van der Waals surface area contributed by atoms with Gasteiger partial charge in [0, 0.05) is 63.5 Å². The molecule has 0 aliphatic carbocycles. The maximum atomic E-state index is 13.3. The Morgan fingerprint density at radius 1 is 1.03 bits per heavy atom. The summed E-state index contributed by atoms with van der Waals surface area (Å²) < 4.78 is 7.94. The van der Waals surface area contributed by atoms with Gasteiger partial charge in [-0.3, -0.25) is 9.69 Å². The van der Waals surface area contributed by atoms with E-state index in [0.29, 0.717) is 18.4 Å². The van der Waals surface area contributed by atoms with Crippen LogP contribution in [0.25, 0.3) is 0 Å². The molecule has 3 aromatic rings. The molecule has 2 heterocycles. The minimum Gasteiger partial charge on any atom is -0.496 e. The van der Waals surface area contributed by atoms with Gasteiger partial charge in [0.1, 0.15) is 5.75 Å². The van der Waals surface area contributed by atoms with Gasteiger partial charge in [-0.15, -0.1) is 0 Å². The van der Waals surface area contributed by atoms with Crippen molar-refractivity contribution in [3.05, 3.63) is 89.7 Å². The molecule has 0 radical (unpaired) electrons. The molecule has 0 spiro atoms. The first kappa shape index (κ1) is 24.1. The van der Waals surface area contributed by atoms with Gasteiger partial charge in [-0.1, -0.05) is 62.4 Å².